The van der Waals surface area contributed by atoms with Crippen LogP contribution in [0.2, 0.25) is 0 Å². The highest BCUT2D eigenvalue weighted by Crippen LogP contribution is 2.33. The number of carboxylic acid groups (broad SMARTS) is 1. The SMILES string of the molecule is O=C(O)C(c1ccc(-c2ccc(Nc3cccc(C(F)(F)F)c3)nn2)cc1)C1CCNCC1. The van der Waals surface area contributed by atoms with Gasteiger partial charge in [0.2, 0.25) is 0 Å². The second-order valence-electron chi connectivity index (χ2n) is 8.03. The number of nitrogens with one attached hydrogen (secondary N) is 2. The second-order valence-corrected chi connectivity index (χ2v) is 8.03. The number of hydrogen-bond acceptors (Lipinski definition) is 5. The van der Waals surface area contributed by atoms with Crippen LogP contribution in [0.3, 0.4) is 0 Å². The van der Waals surface area contributed by atoms with Crippen LogP contribution in [0.4, 0.5) is 24.7 Å². The summed E-state index contributed by atoms with van der Waals surface area (Å²) in [5, 5.41) is 24.1. The highest BCUT2D eigenvalue weighted by atomic mass is 19.4. The lowest BCUT2D eigenvalue weighted by molar-refractivity contribution is -0.140. The number of rotatable bonds is 6. The molecule has 172 valence electrons. The van der Waals surface area contributed by atoms with Crippen molar-refractivity contribution >= 4 is 17.5 Å². The molecular formula is C24H23F3N4O2. The van der Waals surface area contributed by atoms with Crippen molar-refractivity contribution in [1.82, 2.24) is 15.5 Å². The number of hydrogen-bond donors (Lipinski definition) is 3. The molecular weight excluding hydrogens is 433 g/mol. The summed E-state index contributed by atoms with van der Waals surface area (Å²) in [5.41, 5.74) is 1.61. The lowest BCUT2D eigenvalue weighted by Gasteiger charge is -2.28. The molecule has 2 heterocycles. The Bertz CT molecular complexity index is 1100. The molecule has 0 radical (unpaired) electrons. The number of aromatic nitrogens is 2. The first kappa shape index (κ1) is 22.7. The van der Waals surface area contributed by atoms with Gasteiger partial charge in [-0.2, -0.15) is 13.2 Å². The third kappa shape index (κ3) is 5.48. The molecule has 1 aliphatic heterocycles. The van der Waals surface area contributed by atoms with Crippen LogP contribution in [0.1, 0.15) is 29.9 Å². The molecule has 3 aromatic rings. The number of anilines is 2. The topological polar surface area (TPSA) is 87.1 Å². The van der Waals surface area contributed by atoms with E-state index in [2.05, 4.69) is 20.8 Å². The van der Waals surface area contributed by atoms with Gasteiger partial charge in [-0.3, -0.25) is 4.79 Å². The van der Waals surface area contributed by atoms with Gasteiger partial charge in [0.05, 0.1) is 17.2 Å². The minimum absolute atomic E-state index is 0.0931. The molecule has 6 nitrogen and oxygen atoms in total. The number of aliphatic carboxylic acids is 1. The summed E-state index contributed by atoms with van der Waals surface area (Å²) in [7, 11) is 0. The number of benzene rings is 2. The Labute approximate surface area is 188 Å². The van der Waals surface area contributed by atoms with Gasteiger partial charge in [-0.15, -0.1) is 10.2 Å². The first-order chi connectivity index (χ1) is 15.8. The Balaban J connectivity index is 1.47. The minimum atomic E-state index is -4.42. The van der Waals surface area contributed by atoms with Gasteiger partial charge in [0.15, 0.2) is 5.82 Å². The average molecular weight is 456 g/mol. The summed E-state index contributed by atoms with van der Waals surface area (Å²) in [6.07, 6.45) is -2.78. The van der Waals surface area contributed by atoms with Gasteiger partial charge in [-0.05, 0) is 67.7 Å². The summed E-state index contributed by atoms with van der Waals surface area (Å²) in [6.45, 7) is 1.64. The number of carbonyl (C=O) groups is 1. The predicted molar refractivity (Wildman–Crippen MR) is 118 cm³/mol. The number of nitrogens with zero attached hydrogens (tertiary/aromatic N) is 2. The first-order valence-corrected chi connectivity index (χ1v) is 10.6. The van der Waals surface area contributed by atoms with Crippen molar-refractivity contribution in [3.05, 3.63) is 71.8 Å². The summed E-state index contributed by atoms with van der Waals surface area (Å²) in [4.78, 5) is 11.9. The van der Waals surface area contributed by atoms with Crippen LogP contribution in [0.5, 0.6) is 0 Å². The summed E-state index contributed by atoms with van der Waals surface area (Å²) in [5.74, 6) is -0.965. The first-order valence-electron chi connectivity index (χ1n) is 10.6. The Morgan fingerprint density at radius 3 is 2.36 bits per heavy atom. The molecule has 1 fully saturated rings. The van der Waals surface area contributed by atoms with E-state index in [-0.39, 0.29) is 11.6 Å². The molecule has 2 aromatic carbocycles. The molecule has 0 amide bonds. The van der Waals surface area contributed by atoms with Gasteiger partial charge < -0.3 is 15.7 Å². The Kier molecular flexibility index (Phi) is 6.60. The molecule has 1 saturated heterocycles. The summed E-state index contributed by atoms with van der Waals surface area (Å²) < 4.78 is 38.7. The molecule has 9 heteroatoms. The minimum Gasteiger partial charge on any atom is -0.481 e. The van der Waals surface area contributed by atoms with Gasteiger partial charge in [0.1, 0.15) is 0 Å². The monoisotopic (exact) mass is 456 g/mol. The molecule has 3 N–H and O–H groups in total. The molecule has 1 aliphatic rings. The van der Waals surface area contributed by atoms with E-state index >= 15 is 0 Å². The average Bonchev–Trinajstić information content (AvgIpc) is 2.80. The second kappa shape index (κ2) is 9.58. The van der Waals surface area contributed by atoms with E-state index in [1.165, 1.54) is 12.1 Å². The van der Waals surface area contributed by atoms with Crippen molar-refractivity contribution < 1.29 is 23.1 Å². The highest BCUT2D eigenvalue weighted by molar-refractivity contribution is 5.77. The largest absolute Gasteiger partial charge is 0.481 e. The Morgan fingerprint density at radius 1 is 1.03 bits per heavy atom. The molecule has 4 rings (SSSR count). The van der Waals surface area contributed by atoms with Gasteiger partial charge in [0.25, 0.3) is 0 Å². The zero-order valence-electron chi connectivity index (χ0n) is 17.6. The summed E-state index contributed by atoms with van der Waals surface area (Å²) >= 11 is 0. The maximum absolute atomic E-state index is 12.9. The van der Waals surface area contributed by atoms with E-state index in [9.17, 15) is 23.1 Å². The van der Waals surface area contributed by atoms with Crippen molar-refractivity contribution in [2.45, 2.75) is 24.9 Å². The molecule has 0 aliphatic carbocycles. The molecule has 1 unspecified atom stereocenters. The highest BCUT2D eigenvalue weighted by Gasteiger charge is 2.31. The van der Waals surface area contributed by atoms with Gasteiger partial charge >= 0.3 is 12.1 Å². The fourth-order valence-corrected chi connectivity index (χ4v) is 4.13. The number of piperidine rings is 1. The van der Waals surface area contributed by atoms with Crippen molar-refractivity contribution in [2.24, 2.45) is 5.92 Å². The van der Waals surface area contributed by atoms with Gasteiger partial charge in [0, 0.05) is 11.3 Å². The van der Waals surface area contributed by atoms with Crippen LogP contribution >= 0.6 is 0 Å². The van der Waals surface area contributed by atoms with E-state index in [0.29, 0.717) is 11.5 Å². The zero-order chi connectivity index (χ0) is 23.4. The number of alkyl halides is 3. The maximum Gasteiger partial charge on any atom is 0.416 e. The Hall–Kier alpha value is -3.46. The fourth-order valence-electron chi connectivity index (χ4n) is 4.13. The Morgan fingerprint density at radius 2 is 1.76 bits per heavy atom. The zero-order valence-corrected chi connectivity index (χ0v) is 17.6. The summed E-state index contributed by atoms with van der Waals surface area (Å²) in [6, 6.07) is 15.4. The molecule has 0 spiro atoms. The third-order valence-corrected chi connectivity index (χ3v) is 5.81. The lowest BCUT2D eigenvalue weighted by Crippen LogP contribution is -2.33. The molecule has 1 aromatic heterocycles. The third-order valence-electron chi connectivity index (χ3n) is 5.81. The smallest absolute Gasteiger partial charge is 0.416 e. The van der Waals surface area contributed by atoms with Crippen molar-refractivity contribution in [2.75, 3.05) is 18.4 Å². The predicted octanol–water partition coefficient (Wildman–Crippen LogP) is 5.07. The van der Waals surface area contributed by atoms with Crippen LogP contribution in [0.25, 0.3) is 11.3 Å². The van der Waals surface area contributed by atoms with Crippen LogP contribution in [-0.2, 0) is 11.0 Å². The quantitative estimate of drug-likeness (QED) is 0.480. The standard InChI is InChI=1S/C24H23F3N4O2/c25-24(26,27)18-2-1-3-19(14-18)29-21-9-8-20(30-31-21)15-4-6-16(7-5-15)22(23(32)33)17-10-12-28-13-11-17/h1-9,14,17,22,28H,10-13H2,(H,29,31)(H,32,33). The number of halogens is 3. The lowest BCUT2D eigenvalue weighted by atomic mass is 9.80. The van der Waals surface area contributed by atoms with Gasteiger partial charge in [-0.1, -0.05) is 30.3 Å². The fraction of sp³-hybridized carbons (Fsp3) is 0.292. The van der Waals surface area contributed by atoms with Crippen molar-refractivity contribution in [1.29, 1.82) is 0 Å². The van der Waals surface area contributed by atoms with E-state index < -0.39 is 23.6 Å². The molecule has 0 saturated carbocycles. The molecule has 1 atom stereocenters. The van der Waals surface area contributed by atoms with Crippen molar-refractivity contribution in [3.63, 3.8) is 0 Å². The van der Waals surface area contributed by atoms with Crippen molar-refractivity contribution in [3.8, 4) is 11.3 Å². The van der Waals surface area contributed by atoms with Crippen LogP contribution < -0.4 is 10.6 Å². The van der Waals surface area contributed by atoms with Crippen LogP contribution in [0, 0.1) is 5.92 Å². The van der Waals surface area contributed by atoms with E-state index in [0.717, 1.165) is 49.2 Å². The maximum atomic E-state index is 12.9. The van der Waals surface area contributed by atoms with Crippen LogP contribution in [-0.4, -0.2) is 34.4 Å². The van der Waals surface area contributed by atoms with E-state index in [1.54, 1.807) is 12.1 Å². The number of carboxylic acids is 1. The molecule has 33 heavy (non-hydrogen) atoms. The van der Waals surface area contributed by atoms with E-state index in [1.807, 2.05) is 24.3 Å². The normalized spacial score (nSPS) is 15.7. The molecule has 0 bridgehead atoms. The van der Waals surface area contributed by atoms with E-state index in [4.69, 9.17) is 0 Å². The van der Waals surface area contributed by atoms with Gasteiger partial charge in [-0.25, -0.2) is 0 Å². The van der Waals surface area contributed by atoms with Crippen LogP contribution in [0.15, 0.2) is 60.7 Å².